The Hall–Kier alpha value is -2.39. The minimum absolute atomic E-state index is 0.0618. The van der Waals surface area contributed by atoms with Gasteiger partial charge in [-0.3, -0.25) is 4.99 Å². The van der Waals surface area contributed by atoms with Crippen molar-refractivity contribution in [1.29, 1.82) is 0 Å². The van der Waals surface area contributed by atoms with Gasteiger partial charge in [0, 0.05) is 5.57 Å². The fourth-order valence-electron chi connectivity index (χ4n) is 2.53. The SMILES string of the molecule is COc1cccc(CN=C(N)C2=CC3OC(F)(F)C(F)(F)OC3C=C2)c1. The molecule has 1 aliphatic heterocycles. The molecule has 2 atom stereocenters. The summed E-state index contributed by atoms with van der Waals surface area (Å²) in [4.78, 5) is 4.18. The third-order valence-electron chi connectivity index (χ3n) is 3.90. The van der Waals surface area contributed by atoms with Crippen molar-refractivity contribution in [1.82, 2.24) is 0 Å². The molecule has 2 unspecified atom stereocenters. The first kappa shape index (κ1) is 18.4. The number of benzene rings is 1. The third-order valence-corrected chi connectivity index (χ3v) is 3.90. The van der Waals surface area contributed by atoms with Crippen LogP contribution in [0.2, 0.25) is 0 Å². The molecule has 5 nitrogen and oxygen atoms in total. The molecule has 2 aliphatic rings. The van der Waals surface area contributed by atoms with Crippen molar-refractivity contribution in [3.05, 3.63) is 53.6 Å². The molecule has 140 valence electrons. The average molecular weight is 372 g/mol. The number of rotatable bonds is 4. The van der Waals surface area contributed by atoms with Gasteiger partial charge in [0.05, 0.1) is 13.7 Å². The molecule has 2 N–H and O–H groups in total. The summed E-state index contributed by atoms with van der Waals surface area (Å²) in [5.74, 6) is 0.721. The van der Waals surface area contributed by atoms with Gasteiger partial charge in [-0.1, -0.05) is 24.3 Å². The highest BCUT2D eigenvalue weighted by Crippen LogP contribution is 2.44. The van der Waals surface area contributed by atoms with E-state index in [-0.39, 0.29) is 12.4 Å². The molecular formula is C17H16F4N2O3. The van der Waals surface area contributed by atoms with E-state index in [0.717, 1.165) is 5.56 Å². The van der Waals surface area contributed by atoms with Crippen molar-refractivity contribution in [2.45, 2.75) is 31.0 Å². The molecule has 0 saturated carbocycles. The number of aliphatic imine (C=N–C) groups is 1. The van der Waals surface area contributed by atoms with Crippen molar-refractivity contribution in [2.75, 3.05) is 7.11 Å². The molecule has 3 rings (SSSR count). The zero-order valence-corrected chi connectivity index (χ0v) is 13.7. The van der Waals surface area contributed by atoms with Crippen LogP contribution >= 0.6 is 0 Å². The number of amidine groups is 1. The molecule has 1 aromatic rings. The summed E-state index contributed by atoms with van der Waals surface area (Å²) in [5, 5.41) is 0. The van der Waals surface area contributed by atoms with Crippen LogP contribution < -0.4 is 10.5 Å². The van der Waals surface area contributed by atoms with Crippen LogP contribution in [0.5, 0.6) is 5.75 Å². The van der Waals surface area contributed by atoms with Crippen LogP contribution in [-0.2, 0) is 16.0 Å². The fraction of sp³-hybridized carbons (Fsp3) is 0.353. The van der Waals surface area contributed by atoms with Gasteiger partial charge in [0.25, 0.3) is 0 Å². The maximum atomic E-state index is 13.3. The second-order valence-electron chi connectivity index (χ2n) is 5.73. The molecule has 26 heavy (non-hydrogen) atoms. The zero-order valence-electron chi connectivity index (χ0n) is 13.7. The number of ether oxygens (including phenoxy) is 3. The van der Waals surface area contributed by atoms with Gasteiger partial charge in [0.2, 0.25) is 0 Å². The number of fused-ring (bicyclic) bond motifs is 1. The van der Waals surface area contributed by atoms with E-state index in [2.05, 4.69) is 14.5 Å². The molecule has 0 radical (unpaired) electrons. The van der Waals surface area contributed by atoms with Gasteiger partial charge >= 0.3 is 12.2 Å². The highest BCUT2D eigenvalue weighted by atomic mass is 19.3. The molecule has 1 aromatic carbocycles. The van der Waals surface area contributed by atoms with Crippen molar-refractivity contribution < 1.29 is 31.8 Å². The maximum absolute atomic E-state index is 13.3. The van der Waals surface area contributed by atoms with Crippen LogP contribution in [-0.4, -0.2) is 37.4 Å². The summed E-state index contributed by atoms with van der Waals surface area (Å²) in [6.45, 7) is 0.230. The average Bonchev–Trinajstić information content (AvgIpc) is 2.60. The van der Waals surface area contributed by atoms with Crippen LogP contribution in [0, 0.1) is 0 Å². The van der Waals surface area contributed by atoms with E-state index in [1.165, 1.54) is 25.3 Å². The first-order chi connectivity index (χ1) is 12.2. The Bertz CT molecular complexity index is 777. The van der Waals surface area contributed by atoms with Crippen molar-refractivity contribution in [3.8, 4) is 5.75 Å². The van der Waals surface area contributed by atoms with Crippen molar-refractivity contribution >= 4 is 5.84 Å². The van der Waals surface area contributed by atoms with Crippen molar-refractivity contribution in [2.24, 2.45) is 10.7 Å². The smallest absolute Gasteiger partial charge is 0.449 e. The lowest BCUT2D eigenvalue weighted by Gasteiger charge is -2.39. The van der Waals surface area contributed by atoms with Crippen LogP contribution in [0.15, 0.2) is 53.1 Å². The summed E-state index contributed by atoms with van der Waals surface area (Å²) < 4.78 is 66.4. The normalized spacial score (nSPS) is 26.8. The van der Waals surface area contributed by atoms with Gasteiger partial charge in [0.1, 0.15) is 23.8 Å². The van der Waals surface area contributed by atoms with E-state index in [0.29, 0.717) is 11.3 Å². The molecular weight excluding hydrogens is 356 g/mol. The molecule has 0 amide bonds. The first-order valence-corrected chi connectivity index (χ1v) is 7.66. The number of nitrogens with zero attached hydrogens (tertiary/aromatic N) is 1. The molecule has 1 heterocycles. The Morgan fingerprint density at radius 3 is 2.58 bits per heavy atom. The summed E-state index contributed by atoms with van der Waals surface area (Å²) >= 11 is 0. The number of nitrogens with two attached hydrogens (primary N) is 1. The lowest BCUT2D eigenvalue weighted by molar-refractivity contribution is -0.478. The molecule has 9 heteroatoms. The monoisotopic (exact) mass is 372 g/mol. The van der Waals surface area contributed by atoms with Crippen LogP contribution in [0.25, 0.3) is 0 Å². The van der Waals surface area contributed by atoms with Crippen LogP contribution in [0.3, 0.4) is 0 Å². The van der Waals surface area contributed by atoms with Gasteiger partial charge < -0.3 is 19.9 Å². The molecule has 1 aliphatic carbocycles. The second kappa shape index (κ2) is 6.73. The highest BCUT2D eigenvalue weighted by molar-refractivity contribution is 5.99. The van der Waals surface area contributed by atoms with E-state index in [1.807, 2.05) is 6.07 Å². The number of hydrogen-bond donors (Lipinski definition) is 1. The van der Waals surface area contributed by atoms with Crippen LogP contribution in [0.4, 0.5) is 17.6 Å². The lowest BCUT2D eigenvalue weighted by atomic mass is 10.0. The summed E-state index contributed by atoms with van der Waals surface area (Å²) in [6, 6.07) is 7.17. The minimum atomic E-state index is -4.73. The Kier molecular flexibility index (Phi) is 4.76. The summed E-state index contributed by atoms with van der Waals surface area (Å²) in [7, 11) is 1.54. The Morgan fingerprint density at radius 2 is 1.88 bits per heavy atom. The van der Waals surface area contributed by atoms with E-state index in [4.69, 9.17) is 10.5 Å². The van der Waals surface area contributed by atoms with Gasteiger partial charge in [-0.15, -0.1) is 0 Å². The predicted molar refractivity (Wildman–Crippen MR) is 85.2 cm³/mol. The Balaban J connectivity index is 1.73. The van der Waals surface area contributed by atoms with E-state index in [9.17, 15) is 17.6 Å². The third kappa shape index (κ3) is 3.58. The number of methoxy groups -OCH3 is 1. The quantitative estimate of drug-likeness (QED) is 0.501. The lowest BCUT2D eigenvalue weighted by Crippen LogP contribution is -2.57. The second-order valence-corrected chi connectivity index (χ2v) is 5.73. The minimum Gasteiger partial charge on any atom is -0.497 e. The molecule has 0 aromatic heterocycles. The Labute approximate surface area is 146 Å². The predicted octanol–water partition coefficient (Wildman–Crippen LogP) is 3.02. The first-order valence-electron chi connectivity index (χ1n) is 7.66. The largest absolute Gasteiger partial charge is 0.497 e. The Morgan fingerprint density at radius 1 is 1.19 bits per heavy atom. The van der Waals surface area contributed by atoms with Crippen LogP contribution in [0.1, 0.15) is 5.56 Å². The fourth-order valence-corrected chi connectivity index (χ4v) is 2.53. The molecule has 1 saturated heterocycles. The van der Waals surface area contributed by atoms with E-state index >= 15 is 0 Å². The van der Waals surface area contributed by atoms with Crippen molar-refractivity contribution in [3.63, 3.8) is 0 Å². The standard InChI is InChI=1S/C17H16F4N2O3/c1-24-12-4-2-3-10(7-12)9-23-15(22)11-5-6-13-14(8-11)26-17(20,21)16(18,19)25-13/h2-8,13-14H,9H2,1H3,(H2,22,23). The van der Waals surface area contributed by atoms with Gasteiger partial charge in [-0.2, -0.15) is 17.6 Å². The molecule has 0 bridgehead atoms. The summed E-state index contributed by atoms with van der Waals surface area (Å²) in [6.07, 6.45) is -8.39. The molecule has 1 fully saturated rings. The zero-order chi connectivity index (χ0) is 18.9. The van der Waals surface area contributed by atoms with Gasteiger partial charge in [0.15, 0.2) is 0 Å². The maximum Gasteiger partial charge on any atom is 0.449 e. The highest BCUT2D eigenvalue weighted by Gasteiger charge is 2.65. The number of hydrogen-bond acceptors (Lipinski definition) is 4. The number of alkyl halides is 4. The van der Waals surface area contributed by atoms with E-state index in [1.54, 1.807) is 18.2 Å². The van der Waals surface area contributed by atoms with E-state index < -0.39 is 24.4 Å². The van der Waals surface area contributed by atoms with Gasteiger partial charge in [-0.05, 0) is 23.8 Å². The molecule has 0 spiro atoms. The topological polar surface area (TPSA) is 66.1 Å². The number of halogens is 4. The summed E-state index contributed by atoms with van der Waals surface area (Å²) in [5.41, 5.74) is 7.00. The van der Waals surface area contributed by atoms with Gasteiger partial charge in [-0.25, -0.2) is 0 Å².